The lowest BCUT2D eigenvalue weighted by Gasteiger charge is -1.93. The minimum Gasteiger partial charge on any atom is -0.460 e. The van der Waals surface area contributed by atoms with Gasteiger partial charge in [-0.2, -0.15) is 4.98 Å². The molecular formula is C13H9FN2O3S. The largest absolute Gasteiger partial charge is 0.460 e. The van der Waals surface area contributed by atoms with Gasteiger partial charge in [0.2, 0.25) is 0 Å². The Kier molecular flexibility index (Phi) is 3.19. The number of rotatable bonds is 3. The molecule has 0 N–H and O–H groups in total. The number of hydrogen-bond donors (Lipinski definition) is 0. The fourth-order valence-electron chi connectivity index (χ4n) is 1.71. The van der Waals surface area contributed by atoms with Gasteiger partial charge in [-0.15, -0.1) is 11.3 Å². The molecule has 0 fully saturated rings. The summed E-state index contributed by atoms with van der Waals surface area (Å²) >= 11 is 1.31. The summed E-state index contributed by atoms with van der Waals surface area (Å²) < 4.78 is 23.7. The zero-order valence-corrected chi connectivity index (χ0v) is 11.2. The highest BCUT2D eigenvalue weighted by Crippen LogP contribution is 2.32. The number of carbonyl (C=O) groups excluding carboxylic acids is 1. The molecule has 0 spiro atoms. The van der Waals surface area contributed by atoms with Crippen molar-refractivity contribution >= 4 is 27.4 Å². The molecule has 2 aromatic heterocycles. The van der Waals surface area contributed by atoms with Crippen LogP contribution in [0.2, 0.25) is 0 Å². The first-order valence-corrected chi connectivity index (χ1v) is 6.69. The van der Waals surface area contributed by atoms with Crippen LogP contribution in [0.25, 0.3) is 20.9 Å². The van der Waals surface area contributed by atoms with Crippen molar-refractivity contribution in [2.24, 2.45) is 0 Å². The van der Waals surface area contributed by atoms with Crippen LogP contribution in [-0.2, 0) is 4.74 Å². The van der Waals surface area contributed by atoms with Gasteiger partial charge < -0.3 is 9.26 Å². The van der Waals surface area contributed by atoms with Crippen LogP contribution in [0.3, 0.4) is 0 Å². The summed E-state index contributed by atoms with van der Waals surface area (Å²) in [6.07, 6.45) is 0. The number of hydrogen-bond acceptors (Lipinski definition) is 6. The third-order valence-corrected chi connectivity index (χ3v) is 3.66. The van der Waals surface area contributed by atoms with E-state index in [4.69, 9.17) is 9.26 Å². The number of ether oxygens (including phenoxy) is 1. The number of esters is 1. The van der Waals surface area contributed by atoms with E-state index in [9.17, 15) is 9.18 Å². The molecule has 0 bridgehead atoms. The van der Waals surface area contributed by atoms with Gasteiger partial charge in [-0.25, -0.2) is 9.18 Å². The smallest absolute Gasteiger partial charge is 0.379 e. The summed E-state index contributed by atoms with van der Waals surface area (Å²) in [4.78, 5) is 16.1. The summed E-state index contributed by atoms with van der Waals surface area (Å²) in [5.74, 6) is -0.835. The van der Waals surface area contributed by atoms with E-state index in [1.54, 1.807) is 13.0 Å². The molecule has 0 unspecified atom stereocenters. The highest BCUT2D eigenvalue weighted by molar-refractivity contribution is 7.22. The Bertz CT molecular complexity index is 781. The zero-order chi connectivity index (χ0) is 14.1. The fourth-order valence-corrected chi connectivity index (χ4v) is 2.72. The Hall–Kier alpha value is -2.28. The van der Waals surface area contributed by atoms with Gasteiger partial charge in [-0.05, 0) is 35.7 Å². The molecule has 0 aliphatic heterocycles. The van der Waals surface area contributed by atoms with Gasteiger partial charge in [-0.3, -0.25) is 0 Å². The molecule has 3 aromatic rings. The molecular weight excluding hydrogens is 283 g/mol. The lowest BCUT2D eigenvalue weighted by molar-refractivity contribution is 0.0508. The highest BCUT2D eigenvalue weighted by Gasteiger charge is 2.18. The van der Waals surface area contributed by atoms with E-state index in [-0.39, 0.29) is 24.1 Å². The van der Waals surface area contributed by atoms with E-state index in [1.165, 1.54) is 23.5 Å². The molecule has 0 saturated heterocycles. The second kappa shape index (κ2) is 5.01. The van der Waals surface area contributed by atoms with Gasteiger partial charge in [0.1, 0.15) is 5.82 Å². The quantitative estimate of drug-likeness (QED) is 0.693. The van der Waals surface area contributed by atoms with Crippen molar-refractivity contribution < 1.29 is 18.4 Å². The van der Waals surface area contributed by atoms with Gasteiger partial charge >= 0.3 is 5.97 Å². The number of fused-ring (bicyclic) bond motifs is 1. The molecule has 0 aliphatic carbocycles. The molecule has 2 heterocycles. The molecule has 1 aromatic carbocycles. The lowest BCUT2D eigenvalue weighted by atomic mass is 10.2. The first-order chi connectivity index (χ1) is 9.67. The highest BCUT2D eigenvalue weighted by atomic mass is 32.1. The molecule has 3 rings (SSSR count). The lowest BCUT2D eigenvalue weighted by Crippen LogP contribution is -2.06. The van der Waals surface area contributed by atoms with Crippen molar-refractivity contribution in [2.45, 2.75) is 6.92 Å². The molecule has 7 heteroatoms. The van der Waals surface area contributed by atoms with Gasteiger partial charge in [0, 0.05) is 4.70 Å². The predicted molar refractivity (Wildman–Crippen MR) is 71.0 cm³/mol. The second-order valence-electron chi connectivity index (χ2n) is 3.94. The van der Waals surface area contributed by atoms with Gasteiger partial charge in [0.15, 0.2) is 0 Å². The third-order valence-electron chi connectivity index (χ3n) is 2.58. The van der Waals surface area contributed by atoms with Crippen LogP contribution >= 0.6 is 11.3 Å². The van der Waals surface area contributed by atoms with Crippen LogP contribution in [0.15, 0.2) is 28.8 Å². The maximum Gasteiger partial charge on any atom is 0.379 e. The van der Waals surface area contributed by atoms with Gasteiger partial charge in [0.05, 0.1) is 11.5 Å². The zero-order valence-electron chi connectivity index (χ0n) is 10.4. The number of aromatic nitrogens is 2. The third kappa shape index (κ3) is 2.27. The van der Waals surface area contributed by atoms with Crippen molar-refractivity contribution in [2.75, 3.05) is 6.61 Å². The Morgan fingerprint density at radius 3 is 3.10 bits per heavy atom. The molecule has 0 aliphatic rings. The van der Waals surface area contributed by atoms with Crippen molar-refractivity contribution in [3.8, 4) is 10.8 Å². The number of benzene rings is 1. The molecule has 0 amide bonds. The fraction of sp³-hybridized carbons (Fsp3) is 0.154. The minimum atomic E-state index is -0.630. The summed E-state index contributed by atoms with van der Waals surface area (Å²) in [5, 5.41) is 4.45. The van der Waals surface area contributed by atoms with Crippen LogP contribution in [0, 0.1) is 5.82 Å². The normalized spacial score (nSPS) is 10.9. The Balaban J connectivity index is 1.96. The average Bonchev–Trinajstić information content (AvgIpc) is 3.04. The first kappa shape index (κ1) is 12.7. The standard InChI is InChI=1S/C13H9FN2O3S/c1-2-18-13(17)11-15-12(19-16-11)10-5-7-3-4-8(14)6-9(7)20-10/h3-6H,2H2,1H3. The molecule has 102 valence electrons. The van der Waals surface area contributed by atoms with Crippen molar-refractivity contribution in [3.05, 3.63) is 35.9 Å². The SMILES string of the molecule is CCOC(=O)c1noc(-c2cc3ccc(F)cc3s2)n1. The van der Waals surface area contributed by atoms with E-state index in [2.05, 4.69) is 10.1 Å². The monoisotopic (exact) mass is 292 g/mol. The minimum absolute atomic E-state index is 0.120. The average molecular weight is 292 g/mol. The van der Waals surface area contributed by atoms with E-state index in [0.29, 0.717) is 4.88 Å². The van der Waals surface area contributed by atoms with Crippen LogP contribution < -0.4 is 0 Å². The van der Waals surface area contributed by atoms with Crippen LogP contribution in [0.4, 0.5) is 4.39 Å². The first-order valence-electron chi connectivity index (χ1n) is 5.87. The number of halogens is 1. The molecule has 20 heavy (non-hydrogen) atoms. The molecule has 0 saturated carbocycles. The van der Waals surface area contributed by atoms with Crippen molar-refractivity contribution in [3.63, 3.8) is 0 Å². The van der Waals surface area contributed by atoms with Gasteiger partial charge in [-0.1, -0.05) is 6.07 Å². The number of nitrogens with zero attached hydrogens (tertiary/aromatic N) is 2. The molecule has 5 nitrogen and oxygen atoms in total. The molecule has 0 radical (unpaired) electrons. The second-order valence-corrected chi connectivity index (χ2v) is 5.02. The maximum absolute atomic E-state index is 13.1. The van der Waals surface area contributed by atoms with Crippen LogP contribution in [0.5, 0.6) is 0 Å². The Morgan fingerprint density at radius 1 is 1.45 bits per heavy atom. The summed E-state index contributed by atoms with van der Waals surface area (Å²) in [5.41, 5.74) is 0. The predicted octanol–water partition coefficient (Wildman–Crippen LogP) is 3.27. The number of thiophene rings is 1. The summed E-state index contributed by atoms with van der Waals surface area (Å²) in [6.45, 7) is 1.93. The van der Waals surface area contributed by atoms with E-state index in [0.717, 1.165) is 10.1 Å². The summed E-state index contributed by atoms with van der Waals surface area (Å²) in [7, 11) is 0. The van der Waals surface area contributed by atoms with E-state index in [1.807, 2.05) is 6.07 Å². The van der Waals surface area contributed by atoms with E-state index >= 15 is 0 Å². The van der Waals surface area contributed by atoms with E-state index < -0.39 is 5.97 Å². The van der Waals surface area contributed by atoms with Crippen molar-refractivity contribution in [1.82, 2.24) is 10.1 Å². The Morgan fingerprint density at radius 2 is 2.30 bits per heavy atom. The summed E-state index contributed by atoms with van der Waals surface area (Å²) in [6, 6.07) is 6.30. The topological polar surface area (TPSA) is 65.2 Å². The maximum atomic E-state index is 13.1. The van der Waals surface area contributed by atoms with Crippen LogP contribution in [-0.4, -0.2) is 22.7 Å². The van der Waals surface area contributed by atoms with Crippen molar-refractivity contribution in [1.29, 1.82) is 0 Å². The number of carbonyl (C=O) groups is 1. The Labute approximate surface area is 117 Å². The van der Waals surface area contributed by atoms with Gasteiger partial charge in [0.25, 0.3) is 11.7 Å². The molecule has 0 atom stereocenters. The van der Waals surface area contributed by atoms with Crippen LogP contribution in [0.1, 0.15) is 17.5 Å².